The highest BCUT2D eigenvalue weighted by atomic mass is 16.3. The van der Waals surface area contributed by atoms with Gasteiger partial charge in [-0.15, -0.1) is 4.91 Å². The highest BCUT2D eigenvalue weighted by Crippen LogP contribution is 2.22. The Kier molecular flexibility index (Phi) is 3.62. The number of carbonyl (C=O) groups is 1. The van der Waals surface area contributed by atoms with Crippen LogP contribution in [0.15, 0.2) is 48.0 Å². The van der Waals surface area contributed by atoms with E-state index in [1.54, 1.807) is 4.57 Å². The Labute approximate surface area is 104 Å². The summed E-state index contributed by atoms with van der Waals surface area (Å²) in [5.74, 6) is 0.149. The van der Waals surface area contributed by atoms with Gasteiger partial charge in [0.1, 0.15) is 6.04 Å². The standard InChI is InChI=1S/C13H13N3O2/c1-2-11(17)13(10-6-4-3-5-7-10)16-8-12(15-18)14-9-16/h3-9,13H,2H2,1H3. The van der Waals surface area contributed by atoms with Crippen molar-refractivity contribution in [1.82, 2.24) is 9.55 Å². The predicted octanol–water partition coefficient (Wildman–Crippen LogP) is 2.85. The molecule has 2 rings (SSSR count). The third-order valence-electron chi connectivity index (χ3n) is 2.75. The molecule has 1 heterocycles. The van der Waals surface area contributed by atoms with Crippen LogP contribution in [0.1, 0.15) is 24.9 Å². The molecule has 1 atom stereocenters. The first kappa shape index (κ1) is 12.2. The van der Waals surface area contributed by atoms with Crippen molar-refractivity contribution < 1.29 is 4.79 Å². The van der Waals surface area contributed by atoms with Gasteiger partial charge in [0.2, 0.25) is 5.82 Å². The zero-order chi connectivity index (χ0) is 13.0. The molecule has 5 nitrogen and oxygen atoms in total. The SMILES string of the molecule is CCC(=O)C(c1ccccc1)n1cnc(N=O)c1. The van der Waals surface area contributed by atoms with Gasteiger partial charge in [-0.05, 0) is 10.7 Å². The van der Waals surface area contributed by atoms with Crippen LogP contribution in [0, 0.1) is 4.91 Å². The van der Waals surface area contributed by atoms with Crippen LogP contribution in [-0.2, 0) is 4.79 Å². The van der Waals surface area contributed by atoms with E-state index >= 15 is 0 Å². The maximum absolute atomic E-state index is 12.1. The Morgan fingerprint density at radius 2 is 2.11 bits per heavy atom. The van der Waals surface area contributed by atoms with Gasteiger partial charge in [-0.1, -0.05) is 37.3 Å². The van der Waals surface area contributed by atoms with Crippen LogP contribution < -0.4 is 0 Å². The number of Topliss-reactive ketones (excluding diaryl/α,β-unsaturated/α-hetero) is 1. The summed E-state index contributed by atoms with van der Waals surface area (Å²) in [5, 5.41) is 2.76. The number of rotatable bonds is 5. The molecule has 0 bridgehead atoms. The van der Waals surface area contributed by atoms with Crippen molar-refractivity contribution in [3.8, 4) is 0 Å². The van der Waals surface area contributed by atoms with Crippen LogP contribution in [0.5, 0.6) is 0 Å². The fourth-order valence-corrected chi connectivity index (χ4v) is 1.87. The molecule has 0 aliphatic carbocycles. The van der Waals surface area contributed by atoms with Crippen LogP contribution in [0.3, 0.4) is 0 Å². The molecule has 2 aromatic rings. The molecule has 0 aliphatic heterocycles. The van der Waals surface area contributed by atoms with E-state index in [-0.39, 0.29) is 11.6 Å². The minimum atomic E-state index is -0.445. The molecule has 0 fully saturated rings. The Hall–Kier alpha value is -2.30. The first-order valence-electron chi connectivity index (χ1n) is 5.70. The number of aromatic nitrogens is 2. The molecule has 1 aromatic heterocycles. The number of hydrogen-bond acceptors (Lipinski definition) is 4. The van der Waals surface area contributed by atoms with Crippen molar-refractivity contribution in [2.45, 2.75) is 19.4 Å². The van der Waals surface area contributed by atoms with Gasteiger partial charge in [0.25, 0.3) is 0 Å². The number of ketones is 1. The van der Waals surface area contributed by atoms with Crippen LogP contribution in [0.2, 0.25) is 0 Å². The third-order valence-corrected chi connectivity index (χ3v) is 2.75. The number of nitrogens with zero attached hydrogens (tertiary/aromatic N) is 3. The summed E-state index contributed by atoms with van der Waals surface area (Å²) in [5.41, 5.74) is 0.874. The maximum atomic E-state index is 12.1. The lowest BCUT2D eigenvalue weighted by Crippen LogP contribution is -2.18. The van der Waals surface area contributed by atoms with Gasteiger partial charge in [0.15, 0.2) is 5.78 Å². The largest absolute Gasteiger partial charge is 0.320 e. The molecule has 5 heteroatoms. The highest BCUT2D eigenvalue weighted by molar-refractivity contribution is 5.85. The van der Waals surface area contributed by atoms with Crippen LogP contribution >= 0.6 is 0 Å². The molecule has 0 amide bonds. The van der Waals surface area contributed by atoms with Gasteiger partial charge in [-0.25, -0.2) is 4.98 Å². The van der Waals surface area contributed by atoms with E-state index in [1.807, 2.05) is 37.3 Å². The summed E-state index contributed by atoms with van der Waals surface area (Å²) >= 11 is 0. The second kappa shape index (κ2) is 5.35. The lowest BCUT2D eigenvalue weighted by molar-refractivity contribution is -0.120. The normalized spacial score (nSPS) is 12.1. The van der Waals surface area contributed by atoms with Crippen LogP contribution in [0.4, 0.5) is 5.82 Å². The van der Waals surface area contributed by atoms with Crippen molar-refractivity contribution in [3.63, 3.8) is 0 Å². The second-order valence-corrected chi connectivity index (χ2v) is 3.90. The Morgan fingerprint density at radius 3 is 2.67 bits per heavy atom. The van der Waals surface area contributed by atoms with E-state index in [9.17, 15) is 9.70 Å². The van der Waals surface area contributed by atoms with Crippen molar-refractivity contribution >= 4 is 11.6 Å². The maximum Gasteiger partial charge on any atom is 0.214 e. The lowest BCUT2D eigenvalue weighted by atomic mass is 10.0. The lowest BCUT2D eigenvalue weighted by Gasteiger charge is -2.16. The van der Waals surface area contributed by atoms with Crippen molar-refractivity contribution in [2.24, 2.45) is 5.18 Å². The van der Waals surface area contributed by atoms with Gasteiger partial charge < -0.3 is 4.57 Å². The second-order valence-electron chi connectivity index (χ2n) is 3.90. The number of benzene rings is 1. The average molecular weight is 243 g/mol. The molecule has 0 saturated carbocycles. The molecule has 18 heavy (non-hydrogen) atoms. The zero-order valence-corrected chi connectivity index (χ0v) is 9.98. The number of hydrogen-bond donors (Lipinski definition) is 0. The van der Waals surface area contributed by atoms with Gasteiger partial charge in [-0.2, -0.15) is 0 Å². The molecule has 0 radical (unpaired) electrons. The molecule has 1 unspecified atom stereocenters. The summed E-state index contributed by atoms with van der Waals surface area (Å²) in [4.78, 5) is 26.3. The number of carbonyl (C=O) groups excluding carboxylic acids is 1. The van der Waals surface area contributed by atoms with Crippen LogP contribution in [0.25, 0.3) is 0 Å². The average Bonchev–Trinajstić information content (AvgIpc) is 2.88. The molecule has 0 saturated heterocycles. The Bertz CT molecular complexity index is 548. The summed E-state index contributed by atoms with van der Waals surface area (Å²) < 4.78 is 1.62. The first-order chi connectivity index (χ1) is 8.76. The van der Waals surface area contributed by atoms with E-state index in [0.29, 0.717) is 6.42 Å². The van der Waals surface area contributed by atoms with E-state index < -0.39 is 6.04 Å². The highest BCUT2D eigenvalue weighted by Gasteiger charge is 2.21. The minimum Gasteiger partial charge on any atom is -0.320 e. The monoisotopic (exact) mass is 243 g/mol. The van der Waals surface area contributed by atoms with E-state index in [0.717, 1.165) is 5.56 Å². The van der Waals surface area contributed by atoms with E-state index in [4.69, 9.17) is 0 Å². The molecular formula is C13H13N3O2. The Balaban J connectivity index is 2.43. The molecule has 0 aliphatic rings. The van der Waals surface area contributed by atoms with Gasteiger partial charge >= 0.3 is 0 Å². The number of nitroso groups, excluding NO2 is 1. The summed E-state index contributed by atoms with van der Waals surface area (Å²) in [6.07, 6.45) is 3.36. The molecule has 0 N–H and O–H groups in total. The van der Waals surface area contributed by atoms with Gasteiger partial charge in [0.05, 0.1) is 12.5 Å². The van der Waals surface area contributed by atoms with Gasteiger partial charge in [0, 0.05) is 6.42 Å². The van der Waals surface area contributed by atoms with E-state index in [1.165, 1.54) is 12.5 Å². The number of imidazole rings is 1. The fraction of sp³-hybridized carbons (Fsp3) is 0.231. The fourth-order valence-electron chi connectivity index (χ4n) is 1.87. The Morgan fingerprint density at radius 1 is 1.39 bits per heavy atom. The molecule has 1 aromatic carbocycles. The first-order valence-corrected chi connectivity index (χ1v) is 5.70. The summed E-state index contributed by atoms with van der Waals surface area (Å²) in [7, 11) is 0. The third kappa shape index (κ3) is 2.34. The predicted molar refractivity (Wildman–Crippen MR) is 67.6 cm³/mol. The van der Waals surface area contributed by atoms with Crippen LogP contribution in [-0.4, -0.2) is 15.3 Å². The van der Waals surface area contributed by atoms with E-state index in [2.05, 4.69) is 10.2 Å². The molecule has 0 spiro atoms. The topological polar surface area (TPSA) is 64.3 Å². The zero-order valence-electron chi connectivity index (χ0n) is 9.98. The molecular weight excluding hydrogens is 230 g/mol. The quantitative estimate of drug-likeness (QED) is 0.758. The molecule has 92 valence electrons. The van der Waals surface area contributed by atoms with Crippen molar-refractivity contribution in [1.29, 1.82) is 0 Å². The van der Waals surface area contributed by atoms with Crippen molar-refractivity contribution in [3.05, 3.63) is 53.3 Å². The van der Waals surface area contributed by atoms with Crippen molar-refractivity contribution in [2.75, 3.05) is 0 Å². The summed E-state index contributed by atoms with van der Waals surface area (Å²) in [6.45, 7) is 1.81. The summed E-state index contributed by atoms with van der Waals surface area (Å²) in [6, 6.07) is 8.96. The van der Waals surface area contributed by atoms with Gasteiger partial charge in [-0.3, -0.25) is 4.79 Å². The minimum absolute atomic E-state index is 0.0658. The smallest absolute Gasteiger partial charge is 0.214 e.